The van der Waals surface area contributed by atoms with Crippen molar-refractivity contribution >= 4 is 22.7 Å². The number of aromatic nitrogens is 3. The van der Waals surface area contributed by atoms with E-state index in [1.54, 1.807) is 22.7 Å². The molecule has 0 saturated carbocycles. The quantitative estimate of drug-likeness (QED) is 0.906. The Bertz CT molecular complexity index is 475. The predicted octanol–water partition coefficient (Wildman–Crippen LogP) is 2.72. The third-order valence-corrected chi connectivity index (χ3v) is 4.24. The van der Waals surface area contributed by atoms with Gasteiger partial charge in [-0.05, 0) is 19.4 Å². The summed E-state index contributed by atoms with van der Waals surface area (Å²) in [5.74, 6) is 0.658. The van der Waals surface area contributed by atoms with Crippen LogP contribution in [-0.4, -0.2) is 21.7 Å². The van der Waals surface area contributed by atoms with Gasteiger partial charge in [0.15, 0.2) is 5.01 Å². The Morgan fingerprint density at radius 3 is 2.82 bits per heavy atom. The van der Waals surface area contributed by atoms with E-state index < -0.39 is 0 Å². The molecule has 2 rings (SSSR count). The second-order valence-corrected chi connectivity index (χ2v) is 6.21. The third-order valence-electron chi connectivity index (χ3n) is 2.24. The van der Waals surface area contributed by atoms with Crippen molar-refractivity contribution in [1.29, 1.82) is 0 Å². The number of nitrogens with one attached hydrogen (secondary N) is 1. The Morgan fingerprint density at radius 1 is 1.35 bits per heavy atom. The summed E-state index contributed by atoms with van der Waals surface area (Å²) in [4.78, 5) is 5.37. The van der Waals surface area contributed by atoms with Gasteiger partial charge in [0.2, 0.25) is 0 Å². The van der Waals surface area contributed by atoms with Gasteiger partial charge in [0, 0.05) is 6.54 Å². The molecule has 2 aromatic heterocycles. The zero-order valence-electron chi connectivity index (χ0n) is 10.2. The molecule has 0 aromatic carbocycles. The van der Waals surface area contributed by atoms with Crippen LogP contribution < -0.4 is 5.32 Å². The van der Waals surface area contributed by atoms with Crippen molar-refractivity contribution in [3.8, 4) is 9.88 Å². The first kappa shape index (κ1) is 12.6. The van der Waals surface area contributed by atoms with Crippen LogP contribution in [0.1, 0.15) is 24.5 Å². The minimum Gasteiger partial charge on any atom is -0.310 e. The fourth-order valence-corrected chi connectivity index (χ4v) is 3.14. The summed E-state index contributed by atoms with van der Waals surface area (Å²) in [6.07, 6.45) is 0. The summed E-state index contributed by atoms with van der Waals surface area (Å²) in [6, 6.07) is 0. The molecule has 6 heteroatoms. The first-order chi connectivity index (χ1) is 8.16. The van der Waals surface area contributed by atoms with Gasteiger partial charge in [0.25, 0.3) is 0 Å². The largest absolute Gasteiger partial charge is 0.310 e. The molecular weight excluding hydrogens is 252 g/mol. The fourth-order valence-electron chi connectivity index (χ4n) is 1.39. The van der Waals surface area contributed by atoms with Crippen LogP contribution in [0.15, 0.2) is 5.51 Å². The molecule has 0 aliphatic rings. The minimum atomic E-state index is 0.658. The molecule has 0 spiro atoms. The maximum absolute atomic E-state index is 4.23. The van der Waals surface area contributed by atoms with Crippen molar-refractivity contribution in [2.24, 2.45) is 5.92 Å². The van der Waals surface area contributed by atoms with Gasteiger partial charge in [-0.3, -0.25) is 0 Å². The SMILES string of the molecule is Cc1ncsc1-c1nnc(CNCC(C)C)s1. The lowest BCUT2D eigenvalue weighted by atomic mass is 10.2. The lowest BCUT2D eigenvalue weighted by molar-refractivity contribution is 0.550. The topological polar surface area (TPSA) is 50.7 Å². The summed E-state index contributed by atoms with van der Waals surface area (Å²) in [5.41, 5.74) is 2.88. The van der Waals surface area contributed by atoms with Gasteiger partial charge in [-0.15, -0.1) is 21.5 Å². The van der Waals surface area contributed by atoms with Gasteiger partial charge in [0.1, 0.15) is 5.01 Å². The Morgan fingerprint density at radius 2 is 2.18 bits per heavy atom. The van der Waals surface area contributed by atoms with Crippen LogP contribution in [0.5, 0.6) is 0 Å². The molecule has 0 saturated heterocycles. The Kier molecular flexibility index (Phi) is 4.20. The normalized spacial score (nSPS) is 11.3. The highest BCUT2D eigenvalue weighted by Gasteiger charge is 2.10. The molecule has 1 N–H and O–H groups in total. The second kappa shape index (κ2) is 5.66. The molecule has 0 unspecified atom stereocenters. The van der Waals surface area contributed by atoms with E-state index in [9.17, 15) is 0 Å². The van der Waals surface area contributed by atoms with Crippen molar-refractivity contribution in [2.75, 3.05) is 6.54 Å². The number of aryl methyl sites for hydroxylation is 1. The van der Waals surface area contributed by atoms with Gasteiger partial charge in [0.05, 0.1) is 16.1 Å². The molecule has 92 valence electrons. The second-order valence-electron chi connectivity index (χ2n) is 4.29. The highest BCUT2D eigenvalue weighted by Crippen LogP contribution is 2.29. The van der Waals surface area contributed by atoms with Crippen LogP contribution in [0.25, 0.3) is 9.88 Å². The van der Waals surface area contributed by atoms with Crippen LogP contribution in [0.2, 0.25) is 0 Å². The highest BCUT2D eigenvalue weighted by molar-refractivity contribution is 7.20. The number of nitrogens with zero attached hydrogens (tertiary/aromatic N) is 3. The first-order valence-electron chi connectivity index (χ1n) is 5.60. The van der Waals surface area contributed by atoms with E-state index in [1.807, 2.05) is 12.4 Å². The van der Waals surface area contributed by atoms with Gasteiger partial charge < -0.3 is 5.32 Å². The van der Waals surface area contributed by atoms with E-state index in [2.05, 4.69) is 34.3 Å². The van der Waals surface area contributed by atoms with Crippen molar-refractivity contribution in [1.82, 2.24) is 20.5 Å². The standard InChI is InChI=1S/C11H16N4S2/c1-7(2)4-12-5-9-14-15-11(17-9)10-8(3)13-6-16-10/h6-7,12H,4-5H2,1-3H3. The summed E-state index contributed by atoms with van der Waals surface area (Å²) in [5, 5.41) is 13.8. The molecule has 0 bridgehead atoms. The molecule has 0 radical (unpaired) electrons. The molecule has 0 fully saturated rings. The first-order valence-corrected chi connectivity index (χ1v) is 7.30. The molecule has 0 aliphatic heterocycles. The van der Waals surface area contributed by atoms with Gasteiger partial charge in [-0.1, -0.05) is 25.2 Å². The van der Waals surface area contributed by atoms with E-state index in [0.29, 0.717) is 5.92 Å². The average Bonchev–Trinajstić information content (AvgIpc) is 2.86. The molecule has 2 aromatic rings. The monoisotopic (exact) mass is 268 g/mol. The Labute approximate surface area is 109 Å². The zero-order valence-corrected chi connectivity index (χ0v) is 11.9. The van der Waals surface area contributed by atoms with Crippen molar-refractivity contribution in [3.63, 3.8) is 0 Å². The summed E-state index contributed by atoms with van der Waals surface area (Å²) in [6.45, 7) is 8.20. The van der Waals surface area contributed by atoms with Crippen LogP contribution >= 0.6 is 22.7 Å². The molecule has 0 aliphatic carbocycles. The van der Waals surface area contributed by atoms with Crippen LogP contribution in [0, 0.1) is 12.8 Å². The average molecular weight is 268 g/mol. The maximum atomic E-state index is 4.23. The predicted molar refractivity (Wildman–Crippen MR) is 72.3 cm³/mol. The number of rotatable bonds is 5. The lowest BCUT2D eigenvalue weighted by Crippen LogP contribution is -2.18. The van der Waals surface area contributed by atoms with E-state index in [1.165, 1.54) is 0 Å². The number of thiazole rings is 1. The Hall–Kier alpha value is -0.850. The molecular formula is C11H16N4S2. The van der Waals surface area contributed by atoms with Crippen LogP contribution in [0.3, 0.4) is 0 Å². The van der Waals surface area contributed by atoms with E-state index in [4.69, 9.17) is 0 Å². The summed E-state index contributed by atoms with van der Waals surface area (Å²) < 4.78 is 0. The van der Waals surface area contributed by atoms with Crippen molar-refractivity contribution < 1.29 is 0 Å². The lowest BCUT2D eigenvalue weighted by Gasteiger charge is -2.03. The smallest absolute Gasteiger partial charge is 0.159 e. The molecule has 2 heterocycles. The third kappa shape index (κ3) is 3.31. The summed E-state index contributed by atoms with van der Waals surface area (Å²) in [7, 11) is 0. The fraction of sp³-hybridized carbons (Fsp3) is 0.545. The van der Waals surface area contributed by atoms with Crippen molar-refractivity contribution in [2.45, 2.75) is 27.3 Å². The van der Waals surface area contributed by atoms with Gasteiger partial charge >= 0.3 is 0 Å². The number of hydrogen-bond donors (Lipinski definition) is 1. The van der Waals surface area contributed by atoms with E-state index >= 15 is 0 Å². The van der Waals surface area contributed by atoms with E-state index in [0.717, 1.165) is 33.7 Å². The highest BCUT2D eigenvalue weighted by atomic mass is 32.1. The van der Waals surface area contributed by atoms with E-state index in [-0.39, 0.29) is 0 Å². The van der Waals surface area contributed by atoms with Gasteiger partial charge in [-0.2, -0.15) is 0 Å². The van der Waals surface area contributed by atoms with Crippen LogP contribution in [-0.2, 0) is 6.54 Å². The van der Waals surface area contributed by atoms with Gasteiger partial charge in [-0.25, -0.2) is 4.98 Å². The zero-order chi connectivity index (χ0) is 12.3. The maximum Gasteiger partial charge on any atom is 0.159 e. The summed E-state index contributed by atoms with van der Waals surface area (Å²) >= 11 is 3.26. The molecule has 4 nitrogen and oxygen atoms in total. The molecule has 0 atom stereocenters. The Balaban J connectivity index is 1.99. The molecule has 17 heavy (non-hydrogen) atoms. The number of hydrogen-bond acceptors (Lipinski definition) is 6. The minimum absolute atomic E-state index is 0.658. The van der Waals surface area contributed by atoms with Crippen LogP contribution in [0.4, 0.5) is 0 Å². The van der Waals surface area contributed by atoms with Crippen molar-refractivity contribution in [3.05, 3.63) is 16.2 Å². The molecule has 0 amide bonds.